The van der Waals surface area contributed by atoms with E-state index in [0.717, 1.165) is 23.3 Å². The highest BCUT2D eigenvalue weighted by Gasteiger charge is 2.68. The number of benzene rings is 1. The van der Waals surface area contributed by atoms with Crippen LogP contribution in [0.1, 0.15) is 39.2 Å². The first kappa shape index (κ1) is 15.5. The van der Waals surface area contributed by atoms with Crippen LogP contribution < -0.4 is 0 Å². The maximum atomic E-state index is 13.1. The Hall–Kier alpha value is -1.36. The molecule has 0 radical (unpaired) electrons. The Kier molecular flexibility index (Phi) is 3.59. The van der Waals surface area contributed by atoms with Gasteiger partial charge in [-0.05, 0) is 58.6 Å². The number of aryl methyl sites for hydroxylation is 1. The van der Waals surface area contributed by atoms with Crippen LogP contribution in [0.5, 0.6) is 0 Å². The van der Waals surface area contributed by atoms with Crippen LogP contribution in [0.2, 0.25) is 0 Å². The molecule has 0 spiro atoms. The van der Waals surface area contributed by atoms with E-state index in [1.54, 1.807) is 4.90 Å². The highest BCUT2D eigenvalue weighted by atomic mass is 32.2. The minimum atomic E-state index is -1.21. The first-order valence-corrected chi connectivity index (χ1v) is 8.88. The Morgan fingerprint density at radius 2 is 1.95 bits per heavy atom. The second-order valence-corrected chi connectivity index (χ2v) is 8.96. The minimum Gasteiger partial charge on any atom is -0.444 e. The van der Waals surface area contributed by atoms with Crippen molar-refractivity contribution in [2.24, 2.45) is 5.92 Å². The van der Waals surface area contributed by atoms with Crippen molar-refractivity contribution in [1.29, 1.82) is 0 Å². The third-order valence-corrected chi connectivity index (χ3v) is 6.41. The molecule has 1 unspecified atom stereocenters. The van der Waals surface area contributed by atoms with Crippen LogP contribution in [-0.2, 0) is 15.5 Å². The molecule has 1 aliphatic carbocycles. The molecule has 0 bridgehead atoms. The zero-order valence-electron chi connectivity index (χ0n) is 13.6. The smallest absolute Gasteiger partial charge is 0.411 e. The van der Waals surface area contributed by atoms with E-state index in [2.05, 4.69) is 0 Å². The van der Waals surface area contributed by atoms with Crippen molar-refractivity contribution >= 4 is 16.9 Å². The fraction of sp³-hybridized carbons (Fsp3) is 0.588. The van der Waals surface area contributed by atoms with Gasteiger partial charge in [0.1, 0.15) is 10.5 Å². The van der Waals surface area contributed by atoms with E-state index in [9.17, 15) is 9.00 Å². The Labute approximate surface area is 134 Å². The second-order valence-electron chi connectivity index (χ2n) is 7.25. The van der Waals surface area contributed by atoms with Gasteiger partial charge in [0.15, 0.2) is 0 Å². The van der Waals surface area contributed by atoms with Gasteiger partial charge in [-0.15, -0.1) is 0 Å². The number of carbonyl (C=O) groups is 1. The van der Waals surface area contributed by atoms with Crippen molar-refractivity contribution in [3.63, 3.8) is 0 Å². The van der Waals surface area contributed by atoms with E-state index >= 15 is 0 Å². The van der Waals surface area contributed by atoms with Gasteiger partial charge in [0.25, 0.3) is 0 Å². The molecule has 1 saturated carbocycles. The van der Waals surface area contributed by atoms with Gasteiger partial charge in [0, 0.05) is 11.4 Å². The number of hydrogen-bond donors (Lipinski definition) is 0. The summed E-state index contributed by atoms with van der Waals surface area (Å²) >= 11 is 0. The van der Waals surface area contributed by atoms with E-state index in [0.29, 0.717) is 12.5 Å². The Bertz CT molecular complexity index is 620. The molecule has 1 heterocycles. The van der Waals surface area contributed by atoms with Gasteiger partial charge < -0.3 is 4.74 Å². The van der Waals surface area contributed by atoms with Gasteiger partial charge in [-0.2, -0.15) is 0 Å². The van der Waals surface area contributed by atoms with Crippen molar-refractivity contribution < 1.29 is 13.7 Å². The zero-order valence-corrected chi connectivity index (χ0v) is 14.4. The molecule has 5 heteroatoms. The van der Waals surface area contributed by atoms with Crippen LogP contribution in [0.3, 0.4) is 0 Å². The summed E-state index contributed by atoms with van der Waals surface area (Å²) in [6.45, 7) is 8.21. The fourth-order valence-electron chi connectivity index (χ4n) is 3.18. The SMILES string of the molecule is Cc1ccc(S(=O)[C@]23C[C@H]2CCN3C(=O)OC(C)(C)C)cc1. The van der Waals surface area contributed by atoms with Gasteiger partial charge in [-0.3, -0.25) is 9.11 Å². The monoisotopic (exact) mass is 321 g/mol. The van der Waals surface area contributed by atoms with Crippen LogP contribution in [0.4, 0.5) is 4.79 Å². The molecule has 3 atom stereocenters. The average Bonchev–Trinajstić information content (AvgIpc) is 3.03. The van der Waals surface area contributed by atoms with Gasteiger partial charge in [-0.1, -0.05) is 17.7 Å². The average molecular weight is 321 g/mol. The molecule has 1 aliphatic heterocycles. The Morgan fingerprint density at radius 3 is 2.50 bits per heavy atom. The van der Waals surface area contributed by atoms with Crippen molar-refractivity contribution in [2.75, 3.05) is 6.54 Å². The maximum Gasteiger partial charge on any atom is 0.411 e. The lowest BCUT2D eigenvalue weighted by molar-refractivity contribution is 0.0240. The topological polar surface area (TPSA) is 46.6 Å². The highest BCUT2D eigenvalue weighted by molar-refractivity contribution is 7.86. The van der Waals surface area contributed by atoms with Gasteiger partial charge >= 0.3 is 6.09 Å². The van der Waals surface area contributed by atoms with Gasteiger partial charge in [-0.25, -0.2) is 4.79 Å². The van der Waals surface area contributed by atoms with Gasteiger partial charge in [0.05, 0.1) is 10.8 Å². The lowest BCUT2D eigenvalue weighted by Crippen LogP contribution is -2.45. The van der Waals surface area contributed by atoms with Crippen LogP contribution in [-0.4, -0.2) is 32.2 Å². The van der Waals surface area contributed by atoms with Crippen LogP contribution in [0.25, 0.3) is 0 Å². The highest BCUT2D eigenvalue weighted by Crippen LogP contribution is 2.59. The maximum absolute atomic E-state index is 13.1. The number of likely N-dealkylation sites (tertiary alicyclic amines) is 1. The molecule has 0 aromatic heterocycles. The molecule has 1 amide bonds. The lowest BCUT2D eigenvalue weighted by atomic mass is 10.2. The van der Waals surface area contributed by atoms with Crippen molar-refractivity contribution in [3.05, 3.63) is 29.8 Å². The summed E-state index contributed by atoms with van der Waals surface area (Å²) in [5.74, 6) is 0.335. The van der Waals surface area contributed by atoms with Crippen molar-refractivity contribution in [1.82, 2.24) is 4.90 Å². The number of rotatable bonds is 2. The first-order valence-electron chi connectivity index (χ1n) is 7.73. The number of amides is 1. The van der Waals surface area contributed by atoms with E-state index in [4.69, 9.17) is 4.74 Å². The molecule has 22 heavy (non-hydrogen) atoms. The first-order chi connectivity index (χ1) is 10.2. The normalized spacial score (nSPS) is 28.2. The fourth-order valence-corrected chi connectivity index (χ4v) is 5.11. The van der Waals surface area contributed by atoms with E-state index in [1.807, 2.05) is 52.0 Å². The third-order valence-electron chi connectivity index (χ3n) is 4.34. The standard InChI is InChI=1S/C17H23NO3S/c1-12-5-7-14(8-6-12)22(20)17-11-13(17)9-10-18(17)15(19)21-16(2,3)4/h5-8,13H,9-11H2,1-4H3/t13-,17-,22?/m1/s1. The van der Waals surface area contributed by atoms with E-state index < -0.39 is 21.3 Å². The summed E-state index contributed by atoms with van der Waals surface area (Å²) in [7, 11) is -1.21. The van der Waals surface area contributed by atoms with Crippen molar-refractivity contribution in [2.45, 2.75) is 55.9 Å². The third kappa shape index (κ3) is 2.56. The summed E-state index contributed by atoms with van der Waals surface area (Å²) in [4.78, 5) is 14.4. The molecule has 1 aromatic rings. The molecule has 0 N–H and O–H groups in total. The molecule has 2 fully saturated rings. The molecule has 3 rings (SSSR count). The molecule has 4 nitrogen and oxygen atoms in total. The number of hydrogen-bond acceptors (Lipinski definition) is 3. The molecular weight excluding hydrogens is 298 g/mol. The van der Waals surface area contributed by atoms with E-state index in [1.165, 1.54) is 0 Å². The summed E-state index contributed by atoms with van der Waals surface area (Å²) < 4.78 is 18.6. The predicted octanol–water partition coefficient (Wildman–Crippen LogP) is 3.46. The number of ether oxygens (including phenoxy) is 1. The largest absolute Gasteiger partial charge is 0.444 e. The number of fused-ring (bicyclic) bond motifs is 1. The molecule has 120 valence electrons. The quantitative estimate of drug-likeness (QED) is 0.838. The Morgan fingerprint density at radius 1 is 1.32 bits per heavy atom. The zero-order chi connectivity index (χ0) is 16.1. The number of piperidine rings is 1. The summed E-state index contributed by atoms with van der Waals surface area (Å²) in [5, 5.41) is 0. The molecular formula is C17H23NO3S. The summed E-state index contributed by atoms with van der Waals surface area (Å²) in [5.41, 5.74) is 0.609. The van der Waals surface area contributed by atoms with Crippen LogP contribution >= 0.6 is 0 Å². The number of nitrogens with zero attached hydrogens (tertiary/aromatic N) is 1. The predicted molar refractivity (Wildman–Crippen MR) is 86.0 cm³/mol. The van der Waals surface area contributed by atoms with Gasteiger partial charge in [0.2, 0.25) is 0 Å². The van der Waals surface area contributed by atoms with Crippen LogP contribution in [0.15, 0.2) is 29.2 Å². The molecule has 1 aromatic carbocycles. The summed E-state index contributed by atoms with van der Waals surface area (Å²) in [6.07, 6.45) is 1.39. The molecule has 1 saturated heterocycles. The number of carbonyl (C=O) groups excluding carboxylic acids is 1. The second kappa shape index (κ2) is 5.08. The van der Waals surface area contributed by atoms with Crippen LogP contribution in [0, 0.1) is 12.8 Å². The van der Waals surface area contributed by atoms with E-state index in [-0.39, 0.29) is 6.09 Å². The molecule has 2 aliphatic rings. The van der Waals surface area contributed by atoms with Crippen molar-refractivity contribution in [3.8, 4) is 0 Å². The summed E-state index contributed by atoms with van der Waals surface area (Å²) in [6, 6.07) is 7.74. The lowest BCUT2D eigenvalue weighted by Gasteiger charge is -2.30. The Balaban J connectivity index is 1.84. The minimum absolute atomic E-state index is 0.335.